The molecular weight excluding hydrogens is 241 g/mol. The van der Waals surface area contributed by atoms with Gasteiger partial charge in [0.25, 0.3) is 6.43 Å². The van der Waals surface area contributed by atoms with Gasteiger partial charge in [0.1, 0.15) is 11.5 Å². The zero-order valence-electron chi connectivity index (χ0n) is 10.1. The number of nitrogens with zero attached hydrogens (tertiary/aromatic N) is 2. The van der Waals surface area contributed by atoms with Crippen molar-refractivity contribution in [2.75, 3.05) is 0 Å². The molecule has 0 aliphatic rings. The Bertz CT molecular complexity index is 561. The van der Waals surface area contributed by atoms with Crippen LogP contribution < -0.4 is 0 Å². The molecule has 1 aromatic heterocycles. The predicted molar refractivity (Wildman–Crippen MR) is 63.0 cm³/mol. The van der Waals surface area contributed by atoms with E-state index in [0.717, 1.165) is 0 Å². The van der Waals surface area contributed by atoms with E-state index in [9.17, 15) is 13.2 Å². The molecule has 96 valence electrons. The molecule has 1 aromatic carbocycles. The van der Waals surface area contributed by atoms with Gasteiger partial charge in [0.15, 0.2) is 0 Å². The van der Waals surface area contributed by atoms with E-state index >= 15 is 0 Å². The van der Waals surface area contributed by atoms with Crippen molar-refractivity contribution in [3.63, 3.8) is 0 Å². The van der Waals surface area contributed by atoms with Crippen molar-refractivity contribution in [3.8, 4) is 11.3 Å². The van der Waals surface area contributed by atoms with Crippen molar-refractivity contribution >= 4 is 0 Å². The van der Waals surface area contributed by atoms with Gasteiger partial charge in [0.05, 0.1) is 5.56 Å². The van der Waals surface area contributed by atoms with Gasteiger partial charge < -0.3 is 0 Å². The Hall–Kier alpha value is -1.78. The van der Waals surface area contributed by atoms with Crippen LogP contribution >= 0.6 is 0 Å². The van der Waals surface area contributed by atoms with Crippen molar-refractivity contribution in [1.82, 2.24) is 9.78 Å². The van der Waals surface area contributed by atoms with Gasteiger partial charge in [-0.15, -0.1) is 0 Å². The molecule has 1 heterocycles. The lowest BCUT2D eigenvalue weighted by Crippen LogP contribution is -1.94. The van der Waals surface area contributed by atoms with Crippen LogP contribution in [0.2, 0.25) is 0 Å². The predicted octanol–water partition coefficient (Wildman–Crippen LogP) is 3.96. The highest BCUT2D eigenvalue weighted by Gasteiger charge is 2.20. The van der Waals surface area contributed by atoms with Gasteiger partial charge in [-0.25, -0.2) is 13.2 Å². The van der Waals surface area contributed by atoms with E-state index < -0.39 is 6.43 Å². The van der Waals surface area contributed by atoms with E-state index in [1.165, 1.54) is 29.1 Å². The summed E-state index contributed by atoms with van der Waals surface area (Å²) in [6, 6.07) is 4.05. The molecule has 2 rings (SSSR count). The van der Waals surface area contributed by atoms with E-state index in [1.54, 1.807) is 6.92 Å². The molecule has 0 saturated carbocycles. The third-order valence-electron chi connectivity index (χ3n) is 2.79. The van der Waals surface area contributed by atoms with E-state index in [1.807, 2.05) is 6.92 Å². The lowest BCUT2D eigenvalue weighted by molar-refractivity contribution is 0.152. The molecule has 0 radical (unpaired) electrons. The van der Waals surface area contributed by atoms with Crippen LogP contribution in [0.5, 0.6) is 0 Å². The Morgan fingerprint density at radius 1 is 1.33 bits per heavy atom. The second-order valence-electron chi connectivity index (χ2n) is 4.05. The monoisotopic (exact) mass is 254 g/mol. The van der Waals surface area contributed by atoms with E-state index in [2.05, 4.69) is 5.10 Å². The first-order valence-corrected chi connectivity index (χ1v) is 5.65. The van der Waals surface area contributed by atoms with Crippen molar-refractivity contribution in [1.29, 1.82) is 0 Å². The van der Waals surface area contributed by atoms with Crippen LogP contribution in [0.4, 0.5) is 13.2 Å². The Balaban J connectivity index is 2.58. The number of alkyl halides is 2. The largest absolute Gasteiger partial charge is 0.272 e. The van der Waals surface area contributed by atoms with Gasteiger partial charge in [0.2, 0.25) is 0 Å². The fourth-order valence-electron chi connectivity index (χ4n) is 1.86. The maximum Gasteiger partial charge on any atom is 0.267 e. The lowest BCUT2D eigenvalue weighted by Gasteiger charge is -2.05. The summed E-state index contributed by atoms with van der Waals surface area (Å²) in [5, 5.41) is 4.12. The lowest BCUT2D eigenvalue weighted by atomic mass is 10.0. The Morgan fingerprint density at radius 3 is 2.61 bits per heavy atom. The number of aromatic nitrogens is 2. The fraction of sp³-hybridized carbons (Fsp3) is 0.308. The van der Waals surface area contributed by atoms with Crippen molar-refractivity contribution in [3.05, 3.63) is 41.3 Å². The maximum absolute atomic E-state index is 13.0. The molecule has 2 aromatic rings. The SMILES string of the molecule is CCn1cc(C(F)F)c(-c2ccc(F)cc2C)n1. The average molecular weight is 254 g/mol. The summed E-state index contributed by atoms with van der Waals surface area (Å²) in [7, 11) is 0. The number of hydrogen-bond acceptors (Lipinski definition) is 1. The first kappa shape index (κ1) is 12.7. The summed E-state index contributed by atoms with van der Waals surface area (Å²) < 4.78 is 40.4. The molecule has 0 amide bonds. The van der Waals surface area contributed by atoms with Crippen LogP contribution in [-0.2, 0) is 6.54 Å². The number of benzene rings is 1. The highest BCUT2D eigenvalue weighted by Crippen LogP contribution is 2.32. The molecule has 0 bridgehead atoms. The summed E-state index contributed by atoms with van der Waals surface area (Å²) >= 11 is 0. The zero-order valence-corrected chi connectivity index (χ0v) is 10.1. The maximum atomic E-state index is 13.0. The highest BCUT2D eigenvalue weighted by atomic mass is 19.3. The van der Waals surface area contributed by atoms with Crippen LogP contribution in [0.15, 0.2) is 24.4 Å². The molecule has 0 N–H and O–H groups in total. The van der Waals surface area contributed by atoms with Crippen LogP contribution in [0.1, 0.15) is 24.5 Å². The minimum Gasteiger partial charge on any atom is -0.272 e. The Morgan fingerprint density at radius 2 is 2.06 bits per heavy atom. The van der Waals surface area contributed by atoms with Crippen LogP contribution in [0.25, 0.3) is 11.3 Å². The number of aryl methyl sites for hydroxylation is 2. The highest BCUT2D eigenvalue weighted by molar-refractivity contribution is 5.66. The summed E-state index contributed by atoms with van der Waals surface area (Å²) in [4.78, 5) is 0. The van der Waals surface area contributed by atoms with Crippen molar-refractivity contribution in [2.45, 2.75) is 26.8 Å². The Kier molecular flexibility index (Phi) is 3.41. The van der Waals surface area contributed by atoms with Crippen LogP contribution in [0, 0.1) is 12.7 Å². The smallest absolute Gasteiger partial charge is 0.267 e. The van der Waals surface area contributed by atoms with Gasteiger partial charge in [-0.05, 0) is 37.6 Å². The van der Waals surface area contributed by atoms with Gasteiger partial charge >= 0.3 is 0 Å². The third-order valence-corrected chi connectivity index (χ3v) is 2.79. The normalized spacial score (nSPS) is 11.2. The van der Waals surface area contributed by atoms with Gasteiger partial charge in [-0.2, -0.15) is 5.10 Å². The van der Waals surface area contributed by atoms with Crippen molar-refractivity contribution < 1.29 is 13.2 Å². The second-order valence-corrected chi connectivity index (χ2v) is 4.05. The molecule has 2 nitrogen and oxygen atoms in total. The summed E-state index contributed by atoms with van der Waals surface area (Å²) in [5.74, 6) is -0.384. The molecule has 0 aliphatic carbocycles. The van der Waals surface area contributed by atoms with E-state index in [-0.39, 0.29) is 17.1 Å². The molecule has 0 fully saturated rings. The van der Waals surface area contributed by atoms with Crippen LogP contribution in [0.3, 0.4) is 0 Å². The molecule has 5 heteroatoms. The molecule has 0 atom stereocenters. The number of rotatable bonds is 3. The summed E-state index contributed by atoms with van der Waals surface area (Å²) in [5.41, 5.74) is 1.24. The van der Waals surface area contributed by atoms with Gasteiger partial charge in [-0.1, -0.05) is 0 Å². The number of halogens is 3. The molecule has 18 heavy (non-hydrogen) atoms. The molecule has 0 unspecified atom stereocenters. The number of hydrogen-bond donors (Lipinski definition) is 0. The first-order chi connectivity index (χ1) is 8.52. The topological polar surface area (TPSA) is 17.8 Å². The summed E-state index contributed by atoms with van der Waals surface area (Å²) in [6.07, 6.45) is -1.26. The fourth-order valence-corrected chi connectivity index (χ4v) is 1.86. The van der Waals surface area contributed by atoms with E-state index in [0.29, 0.717) is 17.7 Å². The van der Waals surface area contributed by atoms with E-state index in [4.69, 9.17) is 0 Å². The average Bonchev–Trinajstić information content (AvgIpc) is 2.73. The molecular formula is C13H13F3N2. The minimum absolute atomic E-state index is 0.119. The van der Waals surface area contributed by atoms with Crippen molar-refractivity contribution in [2.24, 2.45) is 0 Å². The molecule has 0 saturated heterocycles. The Labute approximate surface area is 103 Å². The summed E-state index contributed by atoms with van der Waals surface area (Å²) in [6.45, 7) is 4.02. The zero-order chi connectivity index (χ0) is 13.3. The molecule has 0 spiro atoms. The minimum atomic E-state index is -2.59. The molecule has 0 aliphatic heterocycles. The van der Waals surface area contributed by atoms with Crippen LogP contribution in [-0.4, -0.2) is 9.78 Å². The van der Waals surface area contributed by atoms with Gasteiger partial charge in [0, 0.05) is 18.3 Å². The third kappa shape index (κ3) is 2.25. The van der Waals surface area contributed by atoms with Gasteiger partial charge in [-0.3, -0.25) is 4.68 Å². The quantitative estimate of drug-likeness (QED) is 0.810. The second kappa shape index (κ2) is 4.84. The first-order valence-electron chi connectivity index (χ1n) is 5.65. The standard InChI is InChI=1S/C13H13F3N2/c1-3-18-7-11(13(15)16)12(17-18)10-5-4-9(14)6-8(10)2/h4-7,13H,3H2,1-2H3.